The van der Waals surface area contributed by atoms with Crippen LogP contribution in [0.15, 0.2) is 59.3 Å². The van der Waals surface area contributed by atoms with Crippen LogP contribution in [0.3, 0.4) is 0 Å². The number of nitriles is 1. The zero-order valence-corrected chi connectivity index (χ0v) is 12.3. The fourth-order valence-corrected chi connectivity index (χ4v) is 2.50. The van der Waals surface area contributed by atoms with Gasteiger partial charge >= 0.3 is 0 Å². The third kappa shape index (κ3) is 2.11. The lowest BCUT2D eigenvalue weighted by Gasteiger charge is -2.11. The highest BCUT2D eigenvalue weighted by atomic mass is 16.2. The molecule has 5 heteroatoms. The molecule has 0 saturated heterocycles. The molecule has 0 radical (unpaired) electrons. The van der Waals surface area contributed by atoms with E-state index in [0.29, 0.717) is 28.2 Å². The van der Waals surface area contributed by atoms with Gasteiger partial charge in [0, 0.05) is 13.2 Å². The molecule has 1 aromatic heterocycles. The van der Waals surface area contributed by atoms with Crippen molar-refractivity contribution in [2.45, 2.75) is 6.92 Å². The normalized spacial score (nSPS) is 16.5. The number of amides is 1. The van der Waals surface area contributed by atoms with Crippen LogP contribution in [0.5, 0.6) is 0 Å². The topological polar surface area (TPSA) is 61.4 Å². The maximum Gasteiger partial charge on any atom is 0.282 e. The molecule has 2 heterocycles. The summed E-state index contributed by atoms with van der Waals surface area (Å²) in [5.74, 6) is -0.276. The van der Waals surface area contributed by atoms with Gasteiger partial charge in [-0.05, 0) is 31.2 Å². The third-order valence-corrected chi connectivity index (χ3v) is 3.58. The summed E-state index contributed by atoms with van der Waals surface area (Å²) in [6, 6.07) is 15.0. The quantitative estimate of drug-likeness (QED) is 0.630. The Balaban J connectivity index is 2.12. The van der Waals surface area contributed by atoms with Gasteiger partial charge in [-0.25, -0.2) is 0 Å². The Bertz CT molecular complexity index is 837. The van der Waals surface area contributed by atoms with E-state index in [0.717, 1.165) is 0 Å². The number of nitrogens with zero attached hydrogens (tertiary/aromatic N) is 4. The maximum atomic E-state index is 12.7. The molecule has 0 saturated carbocycles. The van der Waals surface area contributed by atoms with Gasteiger partial charge in [0.25, 0.3) is 5.91 Å². The first-order valence-corrected chi connectivity index (χ1v) is 6.84. The smallest absolute Gasteiger partial charge is 0.282 e. The number of carbonyl (C=O) groups is 1. The van der Waals surface area contributed by atoms with Gasteiger partial charge in [0.15, 0.2) is 0 Å². The highest BCUT2D eigenvalue weighted by Crippen LogP contribution is 2.28. The van der Waals surface area contributed by atoms with Crippen molar-refractivity contribution < 1.29 is 4.79 Å². The maximum absolute atomic E-state index is 12.7. The molecule has 0 spiro atoms. The fraction of sp³-hybridized carbons (Fsp3) is 0.118. The molecule has 1 aliphatic rings. The van der Waals surface area contributed by atoms with Gasteiger partial charge in [-0.2, -0.15) is 15.4 Å². The first-order chi connectivity index (χ1) is 10.6. The minimum Gasteiger partial charge on any atom is -0.350 e. The molecule has 0 N–H and O–H groups in total. The van der Waals surface area contributed by atoms with E-state index in [1.807, 2.05) is 60.3 Å². The van der Waals surface area contributed by atoms with Crippen molar-refractivity contribution in [1.29, 1.82) is 5.26 Å². The number of hydrogen-bond acceptors (Lipinski definition) is 3. The summed E-state index contributed by atoms with van der Waals surface area (Å²) in [7, 11) is 1.84. The number of hydrazone groups is 1. The van der Waals surface area contributed by atoms with Crippen molar-refractivity contribution >= 4 is 22.9 Å². The number of anilines is 1. The fourth-order valence-electron chi connectivity index (χ4n) is 2.50. The zero-order chi connectivity index (χ0) is 15.7. The van der Waals surface area contributed by atoms with Gasteiger partial charge in [-0.15, -0.1) is 0 Å². The number of benzene rings is 1. The number of rotatable bonds is 2. The SMILES string of the molecule is CC1=NN(c2ccccc2)C(=O)/C1=C(/C#N)c1cccn1C. The van der Waals surface area contributed by atoms with Crippen LogP contribution in [0.2, 0.25) is 0 Å². The molecule has 22 heavy (non-hydrogen) atoms. The van der Waals surface area contributed by atoms with Gasteiger partial charge in [0.1, 0.15) is 6.07 Å². The average Bonchev–Trinajstić information content (AvgIpc) is 3.07. The van der Waals surface area contributed by atoms with Gasteiger partial charge in [0.2, 0.25) is 0 Å². The Hall–Kier alpha value is -3.13. The molecule has 0 aliphatic carbocycles. The van der Waals surface area contributed by atoms with Crippen LogP contribution in [0.1, 0.15) is 12.6 Å². The van der Waals surface area contributed by atoms with Crippen LogP contribution in [0.4, 0.5) is 5.69 Å². The van der Waals surface area contributed by atoms with E-state index in [2.05, 4.69) is 11.2 Å². The lowest BCUT2D eigenvalue weighted by atomic mass is 10.0. The molecule has 0 fully saturated rings. The lowest BCUT2D eigenvalue weighted by Crippen LogP contribution is -2.22. The van der Waals surface area contributed by atoms with Gasteiger partial charge in [0.05, 0.1) is 28.2 Å². The molecule has 0 unspecified atom stereocenters. The van der Waals surface area contributed by atoms with Crippen LogP contribution in [-0.4, -0.2) is 16.2 Å². The third-order valence-electron chi connectivity index (χ3n) is 3.58. The molecule has 1 aromatic carbocycles. The number of hydrogen-bond donors (Lipinski definition) is 0. The largest absolute Gasteiger partial charge is 0.350 e. The minimum absolute atomic E-state index is 0.276. The van der Waals surface area contributed by atoms with Crippen molar-refractivity contribution in [2.24, 2.45) is 12.1 Å². The standard InChI is InChI=1S/C17H14N4O/c1-12-16(14(11-18)15-9-6-10-20(15)2)17(22)21(19-12)13-7-4-3-5-8-13/h3-10H,1-2H3/b16-14-. The second-order valence-electron chi connectivity index (χ2n) is 5.00. The highest BCUT2D eigenvalue weighted by Gasteiger charge is 2.32. The summed E-state index contributed by atoms with van der Waals surface area (Å²) in [5, 5.41) is 15.2. The van der Waals surface area contributed by atoms with E-state index >= 15 is 0 Å². The van der Waals surface area contributed by atoms with Crippen molar-refractivity contribution in [1.82, 2.24) is 4.57 Å². The predicted octanol–water partition coefficient (Wildman–Crippen LogP) is 2.72. The van der Waals surface area contributed by atoms with Gasteiger partial charge in [-0.1, -0.05) is 18.2 Å². The molecule has 108 valence electrons. The monoisotopic (exact) mass is 290 g/mol. The number of aryl methyl sites for hydroxylation is 1. The average molecular weight is 290 g/mol. The summed E-state index contributed by atoms with van der Waals surface area (Å²) in [4.78, 5) is 12.7. The molecule has 3 rings (SSSR count). The lowest BCUT2D eigenvalue weighted by molar-refractivity contribution is -0.114. The summed E-state index contributed by atoms with van der Waals surface area (Å²) in [6.07, 6.45) is 1.84. The minimum atomic E-state index is -0.276. The van der Waals surface area contributed by atoms with Crippen LogP contribution in [-0.2, 0) is 11.8 Å². The molecular formula is C17H14N4O. The Morgan fingerprint density at radius 2 is 1.91 bits per heavy atom. The summed E-state index contributed by atoms with van der Waals surface area (Å²) >= 11 is 0. The summed E-state index contributed by atoms with van der Waals surface area (Å²) in [5.41, 5.74) is 2.64. The Morgan fingerprint density at radius 1 is 1.18 bits per heavy atom. The molecular weight excluding hydrogens is 276 g/mol. The summed E-state index contributed by atoms with van der Waals surface area (Å²) < 4.78 is 1.82. The Labute approximate surface area is 128 Å². The van der Waals surface area contributed by atoms with Crippen LogP contribution >= 0.6 is 0 Å². The first kappa shape index (κ1) is 13.8. The Kier molecular flexibility index (Phi) is 3.36. The molecule has 5 nitrogen and oxygen atoms in total. The Morgan fingerprint density at radius 3 is 2.50 bits per heavy atom. The molecule has 1 aliphatic heterocycles. The van der Waals surface area contributed by atoms with E-state index in [4.69, 9.17) is 0 Å². The van der Waals surface area contributed by atoms with Gasteiger partial charge < -0.3 is 4.57 Å². The molecule has 1 amide bonds. The second kappa shape index (κ2) is 5.34. The van der Waals surface area contributed by atoms with E-state index in [1.54, 1.807) is 6.92 Å². The molecule has 0 bridgehead atoms. The highest BCUT2D eigenvalue weighted by molar-refractivity contribution is 6.34. The molecule has 0 atom stereocenters. The number of aromatic nitrogens is 1. The van der Waals surface area contributed by atoms with Crippen LogP contribution in [0.25, 0.3) is 5.57 Å². The first-order valence-electron chi connectivity index (χ1n) is 6.84. The van der Waals surface area contributed by atoms with E-state index in [-0.39, 0.29) is 5.91 Å². The number of allylic oxidation sites excluding steroid dienone is 1. The van der Waals surface area contributed by atoms with Crippen molar-refractivity contribution in [3.8, 4) is 6.07 Å². The van der Waals surface area contributed by atoms with Crippen molar-refractivity contribution in [3.63, 3.8) is 0 Å². The van der Waals surface area contributed by atoms with Crippen LogP contribution < -0.4 is 5.01 Å². The second-order valence-corrected chi connectivity index (χ2v) is 5.00. The van der Waals surface area contributed by atoms with Crippen molar-refractivity contribution in [3.05, 3.63) is 59.9 Å². The van der Waals surface area contributed by atoms with Gasteiger partial charge in [-0.3, -0.25) is 4.79 Å². The van der Waals surface area contributed by atoms with Crippen LogP contribution in [0, 0.1) is 11.3 Å². The zero-order valence-electron chi connectivity index (χ0n) is 12.3. The molecule has 2 aromatic rings. The van der Waals surface area contributed by atoms with Crippen molar-refractivity contribution in [2.75, 3.05) is 5.01 Å². The predicted molar refractivity (Wildman–Crippen MR) is 85.0 cm³/mol. The van der Waals surface area contributed by atoms with E-state index in [1.165, 1.54) is 5.01 Å². The number of para-hydroxylation sites is 1. The van der Waals surface area contributed by atoms with E-state index in [9.17, 15) is 10.1 Å². The number of carbonyl (C=O) groups excluding carboxylic acids is 1. The summed E-state index contributed by atoms with van der Waals surface area (Å²) in [6.45, 7) is 1.75. The van der Waals surface area contributed by atoms with E-state index < -0.39 is 0 Å².